The van der Waals surface area contributed by atoms with E-state index in [1.54, 1.807) is 12.1 Å². The lowest BCUT2D eigenvalue weighted by atomic mass is 10.2. The van der Waals surface area contributed by atoms with E-state index in [9.17, 15) is 9.18 Å². The first-order valence-corrected chi connectivity index (χ1v) is 7.51. The molecule has 1 fully saturated rings. The minimum absolute atomic E-state index is 0.00138. The van der Waals surface area contributed by atoms with Crippen LogP contribution in [0.3, 0.4) is 0 Å². The van der Waals surface area contributed by atoms with Crippen molar-refractivity contribution in [3.05, 3.63) is 59.8 Å². The van der Waals surface area contributed by atoms with Crippen LogP contribution in [-0.4, -0.2) is 41.9 Å². The Balaban J connectivity index is 1.60. The quantitative estimate of drug-likeness (QED) is 0.875. The maximum atomic E-state index is 13.7. The molecular formula is C17H19FN2O2. The van der Waals surface area contributed by atoms with Crippen LogP contribution in [0.15, 0.2) is 47.3 Å². The smallest absolute Gasteiger partial charge is 0.257 e. The van der Waals surface area contributed by atoms with Crippen molar-refractivity contribution in [1.82, 2.24) is 9.80 Å². The molecule has 22 heavy (non-hydrogen) atoms. The normalized spacial score (nSPS) is 16.5. The fraction of sp³-hybridized carbons (Fsp3) is 0.353. The van der Waals surface area contributed by atoms with Gasteiger partial charge in [0.1, 0.15) is 12.1 Å². The molecule has 0 unspecified atom stereocenters. The van der Waals surface area contributed by atoms with Gasteiger partial charge in [0.25, 0.3) is 5.91 Å². The van der Waals surface area contributed by atoms with E-state index in [0.29, 0.717) is 24.2 Å². The number of carbonyl (C=O) groups excluding carboxylic acids is 1. The third kappa shape index (κ3) is 3.36. The summed E-state index contributed by atoms with van der Waals surface area (Å²) in [7, 11) is 0. The number of benzene rings is 1. The molecule has 0 bridgehead atoms. The van der Waals surface area contributed by atoms with Gasteiger partial charge in [0, 0.05) is 38.3 Å². The van der Waals surface area contributed by atoms with Gasteiger partial charge >= 0.3 is 0 Å². The van der Waals surface area contributed by atoms with Gasteiger partial charge in [-0.25, -0.2) is 4.39 Å². The van der Waals surface area contributed by atoms with Crippen LogP contribution in [-0.2, 0) is 6.54 Å². The Morgan fingerprint density at radius 3 is 2.77 bits per heavy atom. The summed E-state index contributed by atoms with van der Waals surface area (Å²) in [5.41, 5.74) is 1.29. The van der Waals surface area contributed by atoms with Gasteiger partial charge in [-0.05, 0) is 18.6 Å². The van der Waals surface area contributed by atoms with E-state index in [2.05, 4.69) is 4.90 Å². The number of amides is 1. The number of halogens is 1. The second-order valence-electron chi connectivity index (χ2n) is 5.53. The summed E-state index contributed by atoms with van der Waals surface area (Å²) >= 11 is 0. The maximum absolute atomic E-state index is 13.7. The molecule has 0 N–H and O–H groups in total. The number of hydrogen-bond donors (Lipinski definition) is 0. The van der Waals surface area contributed by atoms with Crippen LogP contribution < -0.4 is 0 Å². The standard InChI is InChI=1S/C17H19FN2O2/c18-16-5-2-1-4-14(16)12-19-7-3-8-20(10-9-19)17(21)15-6-11-22-13-15/h1-2,4-6,11,13H,3,7-10,12H2. The Hall–Kier alpha value is -2.14. The van der Waals surface area contributed by atoms with Gasteiger partial charge in [0.2, 0.25) is 0 Å². The van der Waals surface area contributed by atoms with Gasteiger partial charge in [-0.1, -0.05) is 18.2 Å². The first-order chi connectivity index (χ1) is 10.7. The minimum atomic E-state index is -0.168. The summed E-state index contributed by atoms with van der Waals surface area (Å²) in [6.07, 6.45) is 3.87. The molecular weight excluding hydrogens is 283 g/mol. The highest BCUT2D eigenvalue weighted by atomic mass is 19.1. The molecule has 0 atom stereocenters. The van der Waals surface area contributed by atoms with E-state index in [0.717, 1.165) is 26.1 Å². The van der Waals surface area contributed by atoms with Crippen molar-refractivity contribution in [2.45, 2.75) is 13.0 Å². The molecule has 0 aliphatic carbocycles. The number of rotatable bonds is 3. The fourth-order valence-corrected chi connectivity index (χ4v) is 2.77. The second-order valence-corrected chi connectivity index (χ2v) is 5.53. The minimum Gasteiger partial charge on any atom is -0.472 e. The van der Waals surface area contributed by atoms with E-state index in [4.69, 9.17) is 4.42 Å². The van der Waals surface area contributed by atoms with Gasteiger partial charge < -0.3 is 9.32 Å². The molecule has 5 heteroatoms. The first-order valence-electron chi connectivity index (χ1n) is 7.51. The monoisotopic (exact) mass is 302 g/mol. The van der Waals surface area contributed by atoms with E-state index in [1.165, 1.54) is 18.6 Å². The molecule has 2 heterocycles. The summed E-state index contributed by atoms with van der Waals surface area (Å²) in [6.45, 7) is 3.57. The zero-order chi connectivity index (χ0) is 15.4. The molecule has 1 amide bonds. The van der Waals surface area contributed by atoms with Crippen LogP contribution in [0.4, 0.5) is 4.39 Å². The van der Waals surface area contributed by atoms with E-state index < -0.39 is 0 Å². The Bertz CT molecular complexity index is 627. The maximum Gasteiger partial charge on any atom is 0.257 e. The van der Waals surface area contributed by atoms with E-state index in [-0.39, 0.29) is 11.7 Å². The van der Waals surface area contributed by atoms with Gasteiger partial charge in [-0.3, -0.25) is 9.69 Å². The van der Waals surface area contributed by atoms with Gasteiger partial charge in [-0.2, -0.15) is 0 Å². The zero-order valence-electron chi connectivity index (χ0n) is 12.4. The van der Waals surface area contributed by atoms with Crippen LogP contribution in [0.5, 0.6) is 0 Å². The van der Waals surface area contributed by atoms with Crippen molar-refractivity contribution < 1.29 is 13.6 Å². The van der Waals surface area contributed by atoms with Crippen molar-refractivity contribution in [2.24, 2.45) is 0 Å². The summed E-state index contributed by atoms with van der Waals surface area (Å²) in [5.74, 6) is -0.167. The van der Waals surface area contributed by atoms with E-state index in [1.807, 2.05) is 17.0 Å². The van der Waals surface area contributed by atoms with Crippen LogP contribution in [0.25, 0.3) is 0 Å². The Labute approximate surface area is 129 Å². The third-order valence-corrected chi connectivity index (χ3v) is 4.00. The molecule has 0 saturated carbocycles. The van der Waals surface area contributed by atoms with Crippen molar-refractivity contribution in [3.63, 3.8) is 0 Å². The van der Waals surface area contributed by atoms with Gasteiger partial charge in [-0.15, -0.1) is 0 Å². The molecule has 1 aliphatic rings. The average molecular weight is 302 g/mol. The molecule has 1 aliphatic heterocycles. The summed E-state index contributed by atoms with van der Waals surface area (Å²) in [5, 5.41) is 0. The van der Waals surface area contributed by atoms with Crippen molar-refractivity contribution in [3.8, 4) is 0 Å². The van der Waals surface area contributed by atoms with Crippen LogP contribution >= 0.6 is 0 Å². The third-order valence-electron chi connectivity index (χ3n) is 4.00. The molecule has 4 nitrogen and oxygen atoms in total. The Kier molecular flexibility index (Phi) is 4.53. The highest BCUT2D eigenvalue weighted by molar-refractivity contribution is 5.93. The molecule has 2 aromatic rings. The Morgan fingerprint density at radius 2 is 2.00 bits per heavy atom. The van der Waals surface area contributed by atoms with Crippen molar-refractivity contribution >= 4 is 5.91 Å². The molecule has 0 spiro atoms. The zero-order valence-corrected chi connectivity index (χ0v) is 12.4. The van der Waals surface area contributed by atoms with Crippen molar-refractivity contribution in [1.29, 1.82) is 0 Å². The van der Waals surface area contributed by atoms with Crippen molar-refractivity contribution in [2.75, 3.05) is 26.2 Å². The number of hydrogen-bond acceptors (Lipinski definition) is 3. The largest absolute Gasteiger partial charge is 0.472 e. The highest BCUT2D eigenvalue weighted by Crippen LogP contribution is 2.14. The molecule has 1 saturated heterocycles. The molecule has 0 radical (unpaired) electrons. The first kappa shape index (κ1) is 14.8. The Morgan fingerprint density at radius 1 is 1.14 bits per heavy atom. The molecule has 116 valence electrons. The van der Waals surface area contributed by atoms with Crippen LogP contribution in [0.1, 0.15) is 22.3 Å². The number of nitrogens with zero attached hydrogens (tertiary/aromatic N) is 2. The summed E-state index contributed by atoms with van der Waals surface area (Å²) < 4.78 is 18.7. The highest BCUT2D eigenvalue weighted by Gasteiger charge is 2.21. The predicted octanol–water partition coefficient (Wildman–Crippen LogP) is 2.77. The fourth-order valence-electron chi connectivity index (χ4n) is 2.77. The average Bonchev–Trinajstić information content (AvgIpc) is 2.96. The van der Waals surface area contributed by atoms with Crippen LogP contribution in [0.2, 0.25) is 0 Å². The number of carbonyl (C=O) groups is 1. The lowest BCUT2D eigenvalue weighted by molar-refractivity contribution is 0.0760. The summed E-state index contributed by atoms with van der Waals surface area (Å²) in [4.78, 5) is 16.4. The predicted molar refractivity (Wildman–Crippen MR) is 80.9 cm³/mol. The topological polar surface area (TPSA) is 36.7 Å². The molecule has 1 aromatic heterocycles. The lowest BCUT2D eigenvalue weighted by Gasteiger charge is -2.21. The van der Waals surface area contributed by atoms with Gasteiger partial charge in [0.15, 0.2) is 0 Å². The number of furan rings is 1. The summed E-state index contributed by atoms with van der Waals surface area (Å²) in [6, 6.07) is 8.54. The molecule has 3 rings (SSSR count). The second kappa shape index (κ2) is 6.75. The molecule has 1 aromatic carbocycles. The van der Waals surface area contributed by atoms with Crippen LogP contribution in [0, 0.1) is 5.82 Å². The SMILES string of the molecule is O=C(c1ccoc1)N1CCCN(Cc2ccccc2F)CC1. The van der Waals surface area contributed by atoms with Gasteiger partial charge in [0.05, 0.1) is 11.8 Å². The lowest BCUT2D eigenvalue weighted by Crippen LogP contribution is -2.35. The van der Waals surface area contributed by atoms with E-state index >= 15 is 0 Å².